The normalized spacial score (nSPS) is 17.0. The third-order valence-corrected chi connectivity index (χ3v) is 7.59. The van der Waals surface area contributed by atoms with Crippen molar-refractivity contribution in [3.8, 4) is 17.1 Å². The first-order valence-electron chi connectivity index (χ1n) is 14.0. The fourth-order valence-corrected chi connectivity index (χ4v) is 5.75. The molecule has 0 unspecified atom stereocenters. The predicted octanol–water partition coefficient (Wildman–Crippen LogP) is 5.87. The van der Waals surface area contributed by atoms with Crippen LogP contribution in [-0.2, 0) is 6.54 Å². The molecule has 0 aliphatic carbocycles. The highest BCUT2D eigenvalue weighted by atomic mass is 15.2. The molecule has 7 heteroatoms. The summed E-state index contributed by atoms with van der Waals surface area (Å²) < 4.78 is 2.10. The number of allylic oxidation sites excluding steroid dienone is 4. The van der Waals surface area contributed by atoms with Gasteiger partial charge in [0.05, 0.1) is 11.3 Å². The van der Waals surface area contributed by atoms with Crippen LogP contribution in [0.4, 0.5) is 5.82 Å². The van der Waals surface area contributed by atoms with E-state index in [1.807, 2.05) is 58.0 Å². The molecule has 7 nitrogen and oxygen atoms in total. The summed E-state index contributed by atoms with van der Waals surface area (Å²) in [4.78, 5) is 16.9. The lowest BCUT2D eigenvalue weighted by Crippen LogP contribution is -2.56. The zero-order valence-electron chi connectivity index (χ0n) is 23.5. The highest BCUT2D eigenvalue weighted by molar-refractivity contribution is 5.85. The lowest BCUT2D eigenvalue weighted by Gasteiger charge is -2.48. The number of hydrogen-bond donors (Lipinski definition) is 2. The van der Waals surface area contributed by atoms with Crippen LogP contribution in [0.1, 0.15) is 45.4 Å². The quantitative estimate of drug-likeness (QED) is 0.309. The van der Waals surface area contributed by atoms with Crippen LogP contribution in [0.3, 0.4) is 0 Å². The van der Waals surface area contributed by atoms with Gasteiger partial charge in [-0.2, -0.15) is 0 Å². The highest BCUT2D eigenvalue weighted by Gasteiger charge is 2.44. The Morgan fingerprint density at radius 2 is 1.85 bits per heavy atom. The molecular weight excluding hydrogens is 482 g/mol. The number of likely N-dealkylation sites (tertiary alicyclic amines) is 1. The van der Waals surface area contributed by atoms with Gasteiger partial charge in [0.1, 0.15) is 11.3 Å². The molecule has 0 bridgehead atoms. The maximum absolute atomic E-state index is 6.30. The minimum atomic E-state index is 0.451. The summed E-state index contributed by atoms with van der Waals surface area (Å²) >= 11 is 0. The lowest BCUT2D eigenvalue weighted by atomic mass is 9.79. The Bertz CT molecular complexity index is 1480. The van der Waals surface area contributed by atoms with Crippen LogP contribution in [0.25, 0.3) is 33.8 Å². The van der Waals surface area contributed by atoms with E-state index in [0.29, 0.717) is 11.2 Å². The Hall–Kier alpha value is -3.81. The van der Waals surface area contributed by atoms with Gasteiger partial charge in [0, 0.05) is 43.5 Å². The van der Waals surface area contributed by atoms with Crippen molar-refractivity contribution in [1.29, 1.82) is 0 Å². The average Bonchev–Trinajstić information content (AvgIpc) is 3.59. The van der Waals surface area contributed by atoms with Crippen LogP contribution in [0, 0.1) is 5.41 Å². The molecule has 2 aliphatic heterocycles. The smallest absolute Gasteiger partial charge is 0.165 e. The van der Waals surface area contributed by atoms with E-state index < -0.39 is 0 Å². The number of nitrogen functional groups attached to an aromatic ring is 1. The molecule has 3 N–H and O–H groups in total. The van der Waals surface area contributed by atoms with Gasteiger partial charge in [-0.25, -0.2) is 15.0 Å². The van der Waals surface area contributed by atoms with E-state index in [9.17, 15) is 0 Å². The number of nitrogens with two attached hydrogens (primary N) is 1. The summed E-state index contributed by atoms with van der Waals surface area (Å²) in [5, 5.41) is 3.52. The van der Waals surface area contributed by atoms with Crippen molar-refractivity contribution in [1.82, 2.24) is 29.7 Å². The number of pyridine rings is 2. The van der Waals surface area contributed by atoms with Gasteiger partial charge in [-0.05, 0) is 74.3 Å². The van der Waals surface area contributed by atoms with Crippen molar-refractivity contribution in [3.05, 3.63) is 84.2 Å². The Labute approximate surface area is 231 Å². The SMILES string of the molecule is C/C=C\C(=C/C)c1ccc2nc(-c3cccnc3N)n(-c3ccc(CN4CC5(CCNC5)C4)cc3)c2n1.CC. The molecule has 202 valence electrons. The van der Waals surface area contributed by atoms with Crippen LogP contribution < -0.4 is 11.1 Å². The summed E-state index contributed by atoms with van der Waals surface area (Å²) in [5.41, 5.74) is 13.5. The largest absolute Gasteiger partial charge is 0.383 e. The van der Waals surface area contributed by atoms with Crippen molar-refractivity contribution < 1.29 is 0 Å². The fourth-order valence-electron chi connectivity index (χ4n) is 5.75. The molecule has 0 amide bonds. The minimum Gasteiger partial charge on any atom is -0.383 e. The number of hydrogen-bond acceptors (Lipinski definition) is 6. The molecule has 2 aliphatic rings. The monoisotopic (exact) mass is 521 g/mol. The van der Waals surface area contributed by atoms with Crippen molar-refractivity contribution in [2.75, 3.05) is 31.9 Å². The average molecular weight is 522 g/mol. The number of anilines is 1. The van der Waals surface area contributed by atoms with Crippen LogP contribution in [0.5, 0.6) is 0 Å². The molecule has 1 aromatic carbocycles. The second-order valence-corrected chi connectivity index (χ2v) is 10.2. The molecule has 2 saturated heterocycles. The summed E-state index contributed by atoms with van der Waals surface area (Å²) in [6.07, 6.45) is 9.18. The second-order valence-electron chi connectivity index (χ2n) is 10.2. The zero-order chi connectivity index (χ0) is 27.4. The lowest BCUT2D eigenvalue weighted by molar-refractivity contribution is 0.0103. The molecule has 4 aromatic rings. The maximum Gasteiger partial charge on any atom is 0.165 e. The van der Waals surface area contributed by atoms with Crippen LogP contribution in [0.2, 0.25) is 0 Å². The fraction of sp³-hybridized carbons (Fsp3) is 0.344. The van der Waals surface area contributed by atoms with E-state index in [0.717, 1.165) is 59.1 Å². The molecule has 5 heterocycles. The molecule has 0 radical (unpaired) electrons. The van der Waals surface area contributed by atoms with Crippen LogP contribution in [0.15, 0.2) is 73.0 Å². The molecule has 1 spiro atoms. The number of imidazole rings is 1. The van der Waals surface area contributed by atoms with Crippen molar-refractivity contribution in [2.24, 2.45) is 5.41 Å². The summed E-state index contributed by atoms with van der Waals surface area (Å²) in [5.74, 6) is 1.19. The standard InChI is InChI=1S/C30H33N7.C2H6/c1-3-6-22(4-2)25-12-13-26-29(34-25)37(28(35-26)24-7-5-15-33-27(24)31)23-10-8-21(9-11-23)17-36-19-30(20-36)14-16-32-18-30;1-2/h3-13,15,32H,14,16-20H2,1-2H3,(H2,31,33);1-2H3/b6-3-,22-4+;. The van der Waals surface area contributed by atoms with Crippen molar-refractivity contribution >= 4 is 22.6 Å². The van der Waals surface area contributed by atoms with Crippen LogP contribution >= 0.6 is 0 Å². The van der Waals surface area contributed by atoms with Gasteiger partial charge in [-0.3, -0.25) is 9.47 Å². The Balaban J connectivity index is 0.00000151. The first-order valence-corrected chi connectivity index (χ1v) is 14.0. The molecule has 6 rings (SSSR count). The maximum atomic E-state index is 6.30. The minimum absolute atomic E-state index is 0.451. The molecular formula is C32H39N7. The molecule has 3 aromatic heterocycles. The van der Waals surface area contributed by atoms with E-state index in [2.05, 4.69) is 56.2 Å². The van der Waals surface area contributed by atoms with E-state index in [-0.39, 0.29) is 0 Å². The highest BCUT2D eigenvalue weighted by Crippen LogP contribution is 2.37. The van der Waals surface area contributed by atoms with Crippen LogP contribution in [-0.4, -0.2) is 50.6 Å². The first kappa shape index (κ1) is 26.8. The predicted molar refractivity (Wildman–Crippen MR) is 162 cm³/mol. The Morgan fingerprint density at radius 3 is 2.51 bits per heavy atom. The summed E-state index contributed by atoms with van der Waals surface area (Å²) in [6.45, 7) is 13.7. The first-order chi connectivity index (χ1) is 19.1. The summed E-state index contributed by atoms with van der Waals surface area (Å²) in [7, 11) is 0. The molecule has 2 fully saturated rings. The van der Waals surface area contributed by atoms with Gasteiger partial charge in [0.2, 0.25) is 0 Å². The number of fused-ring (bicyclic) bond motifs is 1. The zero-order valence-corrected chi connectivity index (χ0v) is 23.5. The molecule has 0 atom stereocenters. The molecule has 0 saturated carbocycles. The Kier molecular flexibility index (Phi) is 7.91. The van der Waals surface area contributed by atoms with Crippen molar-refractivity contribution in [2.45, 2.75) is 40.7 Å². The summed E-state index contributed by atoms with van der Waals surface area (Å²) in [6, 6.07) is 16.7. The van der Waals surface area contributed by atoms with Gasteiger partial charge in [0.25, 0.3) is 0 Å². The van der Waals surface area contributed by atoms with E-state index in [1.165, 1.54) is 25.1 Å². The van der Waals surface area contributed by atoms with Crippen molar-refractivity contribution in [3.63, 3.8) is 0 Å². The van der Waals surface area contributed by atoms with Gasteiger partial charge in [-0.1, -0.05) is 44.2 Å². The number of nitrogens with zero attached hydrogens (tertiary/aromatic N) is 5. The third-order valence-electron chi connectivity index (χ3n) is 7.59. The molecule has 39 heavy (non-hydrogen) atoms. The van der Waals surface area contributed by atoms with E-state index in [4.69, 9.17) is 15.7 Å². The van der Waals surface area contributed by atoms with Gasteiger partial charge in [-0.15, -0.1) is 0 Å². The second kappa shape index (κ2) is 11.5. The number of rotatable bonds is 6. The number of aromatic nitrogens is 4. The Morgan fingerprint density at radius 1 is 1.05 bits per heavy atom. The topological polar surface area (TPSA) is 84.9 Å². The van der Waals surface area contributed by atoms with E-state index in [1.54, 1.807) is 6.20 Å². The van der Waals surface area contributed by atoms with Gasteiger partial charge in [0.15, 0.2) is 11.5 Å². The number of nitrogens with one attached hydrogen (secondary N) is 1. The third kappa shape index (κ3) is 5.24. The van der Waals surface area contributed by atoms with Gasteiger partial charge >= 0.3 is 0 Å². The van der Waals surface area contributed by atoms with Gasteiger partial charge < -0.3 is 11.1 Å². The van der Waals surface area contributed by atoms with E-state index >= 15 is 0 Å². The number of benzene rings is 1.